The molecule has 0 aromatic heterocycles. The molecule has 1 unspecified atom stereocenters. The van der Waals surface area contributed by atoms with Gasteiger partial charge in [-0.05, 0) is 37.3 Å². The highest BCUT2D eigenvalue weighted by Gasteiger charge is 2.18. The summed E-state index contributed by atoms with van der Waals surface area (Å²) in [4.78, 5) is 2.52. The van der Waals surface area contributed by atoms with Gasteiger partial charge in [0.2, 0.25) is 0 Å². The van der Waals surface area contributed by atoms with Crippen molar-refractivity contribution >= 4 is 0 Å². The molecule has 0 N–H and O–H groups in total. The van der Waals surface area contributed by atoms with E-state index in [1.54, 1.807) is 0 Å². The molecule has 2 aliphatic rings. The Morgan fingerprint density at radius 3 is 2.64 bits per heavy atom. The van der Waals surface area contributed by atoms with E-state index in [4.69, 9.17) is 0 Å². The lowest BCUT2D eigenvalue weighted by molar-refractivity contribution is 0.429. The van der Waals surface area contributed by atoms with Crippen LogP contribution in [0, 0.1) is 11.8 Å². The van der Waals surface area contributed by atoms with Gasteiger partial charge in [-0.1, -0.05) is 32.3 Å². The summed E-state index contributed by atoms with van der Waals surface area (Å²) in [5.74, 6) is 1.86. The standard InChI is InChI=1S/C13H23N/c1-2-12-7-9-14(11-12)10-8-13-5-3-4-6-13/h8,10,12-13H,2-7,9,11H2,1H3/b10-8+. The van der Waals surface area contributed by atoms with Gasteiger partial charge in [0.25, 0.3) is 0 Å². The largest absolute Gasteiger partial charge is 0.377 e. The van der Waals surface area contributed by atoms with Crippen LogP contribution in [0.25, 0.3) is 0 Å². The van der Waals surface area contributed by atoms with Gasteiger partial charge in [0.1, 0.15) is 0 Å². The van der Waals surface area contributed by atoms with Gasteiger partial charge >= 0.3 is 0 Å². The van der Waals surface area contributed by atoms with Crippen molar-refractivity contribution in [1.29, 1.82) is 0 Å². The third kappa shape index (κ3) is 2.52. The van der Waals surface area contributed by atoms with Gasteiger partial charge < -0.3 is 4.90 Å². The SMILES string of the molecule is CCC1CCN(/C=C/C2CCCC2)C1. The Balaban J connectivity index is 1.74. The number of rotatable bonds is 3. The molecule has 80 valence electrons. The molecule has 14 heavy (non-hydrogen) atoms. The first-order valence-corrected chi connectivity index (χ1v) is 6.31. The van der Waals surface area contributed by atoms with Gasteiger partial charge in [-0.3, -0.25) is 0 Å². The quantitative estimate of drug-likeness (QED) is 0.664. The van der Waals surface area contributed by atoms with E-state index in [9.17, 15) is 0 Å². The first-order valence-electron chi connectivity index (χ1n) is 6.31. The molecule has 0 amide bonds. The molecule has 1 heterocycles. The van der Waals surface area contributed by atoms with Crippen LogP contribution >= 0.6 is 0 Å². The molecule has 1 saturated heterocycles. The summed E-state index contributed by atoms with van der Waals surface area (Å²) in [5, 5.41) is 0. The zero-order chi connectivity index (χ0) is 9.80. The fourth-order valence-electron chi connectivity index (χ4n) is 2.72. The Morgan fingerprint density at radius 1 is 1.21 bits per heavy atom. The second-order valence-corrected chi connectivity index (χ2v) is 4.94. The highest BCUT2D eigenvalue weighted by molar-refractivity contribution is 4.93. The Morgan fingerprint density at radius 2 is 2.00 bits per heavy atom. The van der Waals surface area contributed by atoms with Crippen LogP contribution in [0.4, 0.5) is 0 Å². The Bertz CT molecular complexity index is 191. The van der Waals surface area contributed by atoms with Crippen molar-refractivity contribution in [1.82, 2.24) is 4.90 Å². The minimum atomic E-state index is 0.899. The summed E-state index contributed by atoms with van der Waals surface area (Å²) in [5.41, 5.74) is 0. The second kappa shape index (κ2) is 4.86. The first kappa shape index (κ1) is 10.1. The summed E-state index contributed by atoms with van der Waals surface area (Å²) in [6.45, 7) is 4.91. The molecule has 0 bridgehead atoms. The third-order valence-electron chi connectivity index (χ3n) is 3.86. The van der Waals surface area contributed by atoms with Gasteiger partial charge in [0.15, 0.2) is 0 Å². The maximum atomic E-state index is 2.52. The molecular weight excluding hydrogens is 170 g/mol. The maximum absolute atomic E-state index is 2.52. The fourth-order valence-corrected chi connectivity index (χ4v) is 2.72. The van der Waals surface area contributed by atoms with Gasteiger partial charge in [-0.25, -0.2) is 0 Å². The van der Waals surface area contributed by atoms with Gasteiger partial charge in [0.05, 0.1) is 0 Å². The van der Waals surface area contributed by atoms with Crippen LogP contribution < -0.4 is 0 Å². The lowest BCUT2D eigenvalue weighted by Crippen LogP contribution is -2.13. The number of nitrogens with zero attached hydrogens (tertiary/aromatic N) is 1. The first-order chi connectivity index (χ1) is 6.88. The topological polar surface area (TPSA) is 3.24 Å². The molecule has 2 rings (SSSR count). The maximum Gasteiger partial charge on any atom is 0.0201 e. The lowest BCUT2D eigenvalue weighted by Gasteiger charge is -2.13. The van der Waals surface area contributed by atoms with Crippen LogP contribution in [0.15, 0.2) is 12.3 Å². The summed E-state index contributed by atoms with van der Waals surface area (Å²) in [6, 6.07) is 0. The van der Waals surface area contributed by atoms with E-state index in [1.165, 1.54) is 51.6 Å². The van der Waals surface area contributed by atoms with Crippen molar-refractivity contribution in [3.63, 3.8) is 0 Å². The van der Waals surface area contributed by atoms with Crippen molar-refractivity contribution in [2.45, 2.75) is 45.4 Å². The zero-order valence-corrected chi connectivity index (χ0v) is 9.41. The van der Waals surface area contributed by atoms with Crippen molar-refractivity contribution in [3.05, 3.63) is 12.3 Å². The Kier molecular flexibility index (Phi) is 3.49. The van der Waals surface area contributed by atoms with E-state index in [0.29, 0.717) is 0 Å². The van der Waals surface area contributed by atoms with Crippen LogP contribution in [0.2, 0.25) is 0 Å². The van der Waals surface area contributed by atoms with Gasteiger partial charge in [-0.15, -0.1) is 0 Å². The number of likely N-dealkylation sites (tertiary alicyclic amines) is 1. The minimum Gasteiger partial charge on any atom is -0.377 e. The van der Waals surface area contributed by atoms with E-state index in [1.807, 2.05) is 0 Å². The zero-order valence-electron chi connectivity index (χ0n) is 9.41. The van der Waals surface area contributed by atoms with Crippen molar-refractivity contribution in [2.75, 3.05) is 13.1 Å². The highest BCUT2D eigenvalue weighted by atomic mass is 15.1. The molecule has 0 aromatic rings. The molecule has 0 aromatic carbocycles. The predicted molar refractivity (Wildman–Crippen MR) is 61.1 cm³/mol. The average Bonchev–Trinajstić information content (AvgIpc) is 2.86. The monoisotopic (exact) mass is 193 g/mol. The summed E-state index contributed by atoms with van der Waals surface area (Å²) in [7, 11) is 0. The van der Waals surface area contributed by atoms with Crippen molar-refractivity contribution < 1.29 is 0 Å². The van der Waals surface area contributed by atoms with Crippen molar-refractivity contribution in [2.24, 2.45) is 11.8 Å². The van der Waals surface area contributed by atoms with Crippen LogP contribution in [0.3, 0.4) is 0 Å². The summed E-state index contributed by atoms with van der Waals surface area (Å²) < 4.78 is 0. The molecule has 1 heteroatoms. The number of hydrogen-bond acceptors (Lipinski definition) is 1. The van der Waals surface area contributed by atoms with Crippen LogP contribution in [0.1, 0.15) is 45.4 Å². The summed E-state index contributed by atoms with van der Waals surface area (Å²) >= 11 is 0. The molecule has 1 aliphatic heterocycles. The number of hydrogen-bond donors (Lipinski definition) is 0. The average molecular weight is 193 g/mol. The minimum absolute atomic E-state index is 0.899. The molecule has 0 spiro atoms. The van der Waals surface area contributed by atoms with Gasteiger partial charge in [0, 0.05) is 13.1 Å². The number of allylic oxidation sites excluding steroid dienone is 1. The fraction of sp³-hybridized carbons (Fsp3) is 0.846. The predicted octanol–water partition coefficient (Wildman–Crippen LogP) is 3.42. The second-order valence-electron chi connectivity index (χ2n) is 4.94. The molecular formula is C13H23N. The third-order valence-corrected chi connectivity index (χ3v) is 3.86. The van der Waals surface area contributed by atoms with Crippen LogP contribution in [-0.2, 0) is 0 Å². The van der Waals surface area contributed by atoms with E-state index >= 15 is 0 Å². The normalized spacial score (nSPS) is 29.5. The van der Waals surface area contributed by atoms with E-state index in [-0.39, 0.29) is 0 Å². The highest BCUT2D eigenvalue weighted by Crippen LogP contribution is 2.26. The van der Waals surface area contributed by atoms with Crippen molar-refractivity contribution in [3.8, 4) is 0 Å². The van der Waals surface area contributed by atoms with E-state index in [2.05, 4.69) is 24.1 Å². The molecule has 1 nitrogen and oxygen atoms in total. The Labute approximate surface area is 88.2 Å². The smallest absolute Gasteiger partial charge is 0.0201 e. The molecule has 2 fully saturated rings. The van der Waals surface area contributed by atoms with E-state index < -0.39 is 0 Å². The lowest BCUT2D eigenvalue weighted by atomic mass is 10.1. The Hall–Kier alpha value is -0.460. The molecule has 1 saturated carbocycles. The van der Waals surface area contributed by atoms with Gasteiger partial charge in [-0.2, -0.15) is 0 Å². The van der Waals surface area contributed by atoms with Crippen LogP contribution in [-0.4, -0.2) is 18.0 Å². The molecule has 0 radical (unpaired) electrons. The molecule has 1 aliphatic carbocycles. The molecule has 1 atom stereocenters. The van der Waals surface area contributed by atoms with Crippen LogP contribution in [0.5, 0.6) is 0 Å². The summed E-state index contributed by atoms with van der Waals surface area (Å²) in [6.07, 6.45) is 13.4. The van der Waals surface area contributed by atoms with E-state index in [0.717, 1.165) is 11.8 Å².